The number of carbonyl (C=O) groups excluding carboxylic acids is 1. The van der Waals surface area contributed by atoms with E-state index in [-0.39, 0.29) is 10.8 Å². The molecule has 0 saturated heterocycles. The number of hydrogen-bond acceptors (Lipinski definition) is 4. The Kier molecular flexibility index (Phi) is 5.65. The summed E-state index contributed by atoms with van der Waals surface area (Å²) in [6.07, 6.45) is 0. The fourth-order valence-corrected chi connectivity index (χ4v) is 3.69. The van der Waals surface area contributed by atoms with Gasteiger partial charge in [-0.15, -0.1) is 0 Å². The molecule has 0 atom stereocenters. The van der Waals surface area contributed by atoms with Crippen molar-refractivity contribution < 1.29 is 17.9 Å². The molecule has 3 rings (SSSR count). The number of nitrogens with one attached hydrogen (secondary N) is 1. The van der Waals surface area contributed by atoms with Gasteiger partial charge in [0.05, 0.1) is 17.7 Å². The minimum absolute atomic E-state index is 0.0641. The zero-order valence-electron chi connectivity index (χ0n) is 15.5. The number of para-hydroxylation sites is 1. The molecule has 28 heavy (non-hydrogen) atoms. The largest absolute Gasteiger partial charge is 0.497 e. The number of carbonyl (C=O) groups is 1. The maximum atomic E-state index is 12.6. The van der Waals surface area contributed by atoms with Crippen molar-refractivity contribution in [1.82, 2.24) is 0 Å². The molecule has 0 aliphatic carbocycles. The van der Waals surface area contributed by atoms with Crippen LogP contribution in [0.3, 0.4) is 0 Å². The van der Waals surface area contributed by atoms with Crippen LogP contribution in [0.15, 0.2) is 83.8 Å². The van der Waals surface area contributed by atoms with E-state index in [1.165, 1.54) is 36.3 Å². The lowest BCUT2D eigenvalue weighted by Crippen LogP contribution is -2.26. The molecule has 0 aliphatic heterocycles. The van der Waals surface area contributed by atoms with E-state index in [0.717, 1.165) is 5.69 Å². The molecule has 0 saturated carbocycles. The quantitative estimate of drug-likeness (QED) is 0.688. The Morgan fingerprint density at radius 1 is 0.929 bits per heavy atom. The number of sulfonamides is 1. The maximum Gasteiger partial charge on any atom is 0.261 e. The molecule has 6 nitrogen and oxygen atoms in total. The van der Waals surface area contributed by atoms with Crippen LogP contribution in [-0.4, -0.2) is 28.5 Å². The highest BCUT2D eigenvalue weighted by Crippen LogP contribution is 2.21. The van der Waals surface area contributed by atoms with E-state index in [0.29, 0.717) is 17.0 Å². The molecular weight excluding hydrogens is 376 g/mol. The first-order valence-corrected chi connectivity index (χ1v) is 9.99. The third kappa shape index (κ3) is 4.32. The third-order valence-electron chi connectivity index (χ3n) is 4.18. The van der Waals surface area contributed by atoms with E-state index in [1.54, 1.807) is 31.3 Å². The number of hydrogen-bond donors (Lipinski definition) is 1. The van der Waals surface area contributed by atoms with Gasteiger partial charge in [0.25, 0.3) is 15.9 Å². The van der Waals surface area contributed by atoms with Crippen LogP contribution < -0.4 is 14.4 Å². The predicted octanol–water partition coefficient (Wildman–Crippen LogP) is 3.77. The Morgan fingerprint density at radius 3 is 2.25 bits per heavy atom. The molecule has 3 aromatic rings. The molecule has 0 spiro atoms. The van der Waals surface area contributed by atoms with Gasteiger partial charge in [0.15, 0.2) is 0 Å². The zero-order chi connectivity index (χ0) is 20.1. The van der Waals surface area contributed by atoms with Gasteiger partial charge < -0.3 is 9.64 Å². The lowest BCUT2D eigenvalue weighted by Gasteiger charge is -2.17. The van der Waals surface area contributed by atoms with Gasteiger partial charge in [0.2, 0.25) is 0 Å². The fraction of sp³-hybridized carbons (Fsp3) is 0.0952. The normalized spacial score (nSPS) is 10.9. The molecule has 0 aromatic heterocycles. The van der Waals surface area contributed by atoms with Crippen molar-refractivity contribution >= 4 is 27.3 Å². The summed E-state index contributed by atoms with van der Waals surface area (Å²) in [6.45, 7) is 0. The first kappa shape index (κ1) is 19.4. The molecule has 0 fully saturated rings. The van der Waals surface area contributed by atoms with Gasteiger partial charge in [0.1, 0.15) is 5.75 Å². The van der Waals surface area contributed by atoms with E-state index >= 15 is 0 Å². The fourth-order valence-electron chi connectivity index (χ4n) is 2.64. The molecule has 0 aliphatic rings. The summed E-state index contributed by atoms with van der Waals surface area (Å²) in [5, 5.41) is 0. The van der Waals surface area contributed by atoms with Gasteiger partial charge in [-0.2, -0.15) is 0 Å². The summed E-state index contributed by atoms with van der Waals surface area (Å²) < 4.78 is 32.8. The summed E-state index contributed by atoms with van der Waals surface area (Å²) in [4.78, 5) is 14.2. The summed E-state index contributed by atoms with van der Waals surface area (Å²) in [7, 11) is -0.601. The van der Waals surface area contributed by atoms with Crippen molar-refractivity contribution in [3.63, 3.8) is 0 Å². The highest BCUT2D eigenvalue weighted by atomic mass is 32.2. The number of rotatable bonds is 6. The topological polar surface area (TPSA) is 75.7 Å². The summed E-state index contributed by atoms with van der Waals surface area (Å²) in [6, 6.07) is 21.7. The van der Waals surface area contributed by atoms with Gasteiger partial charge in [-0.1, -0.05) is 24.3 Å². The van der Waals surface area contributed by atoms with Crippen LogP contribution in [0.5, 0.6) is 5.75 Å². The van der Waals surface area contributed by atoms with Crippen molar-refractivity contribution in [2.45, 2.75) is 4.90 Å². The van der Waals surface area contributed by atoms with Gasteiger partial charge in [0, 0.05) is 24.4 Å². The minimum atomic E-state index is -3.78. The van der Waals surface area contributed by atoms with Crippen LogP contribution >= 0.6 is 0 Å². The van der Waals surface area contributed by atoms with Gasteiger partial charge in [-0.05, 0) is 48.5 Å². The number of ether oxygens (including phenoxy) is 1. The smallest absolute Gasteiger partial charge is 0.261 e. The number of methoxy groups -OCH3 is 1. The first-order valence-electron chi connectivity index (χ1n) is 8.51. The second-order valence-electron chi connectivity index (χ2n) is 6.06. The molecule has 144 valence electrons. The SMILES string of the molecule is COc1cccc(NS(=O)(=O)c2ccc(C(=O)N(C)c3ccccc3)cc2)c1. The van der Waals surface area contributed by atoms with Crippen molar-refractivity contribution in [2.75, 3.05) is 23.8 Å². The average Bonchev–Trinajstić information content (AvgIpc) is 2.73. The Balaban J connectivity index is 1.78. The van der Waals surface area contributed by atoms with Crippen molar-refractivity contribution in [3.8, 4) is 5.75 Å². The van der Waals surface area contributed by atoms with Crippen LogP contribution in [0, 0.1) is 0 Å². The van der Waals surface area contributed by atoms with Crippen LogP contribution in [0.25, 0.3) is 0 Å². The Bertz CT molecular complexity index is 1070. The molecular formula is C21H20N2O4S. The van der Waals surface area contributed by atoms with Crippen molar-refractivity contribution in [3.05, 3.63) is 84.4 Å². The maximum absolute atomic E-state index is 12.6. The highest BCUT2D eigenvalue weighted by Gasteiger charge is 2.17. The molecule has 0 heterocycles. The van der Waals surface area contributed by atoms with E-state index in [4.69, 9.17) is 4.74 Å². The van der Waals surface area contributed by atoms with Gasteiger partial charge >= 0.3 is 0 Å². The monoisotopic (exact) mass is 396 g/mol. The number of anilines is 2. The Hall–Kier alpha value is -3.32. The van der Waals surface area contributed by atoms with Gasteiger partial charge in [-0.3, -0.25) is 9.52 Å². The highest BCUT2D eigenvalue weighted by molar-refractivity contribution is 7.92. The standard InChI is InChI=1S/C21H20N2O4S/c1-23(18-8-4-3-5-9-18)21(24)16-11-13-20(14-12-16)28(25,26)22-17-7-6-10-19(15-17)27-2/h3-15,22H,1-2H3. The van der Waals surface area contributed by atoms with Gasteiger partial charge in [-0.25, -0.2) is 8.42 Å². The van der Waals surface area contributed by atoms with E-state index < -0.39 is 10.0 Å². The Labute approximate surface area is 164 Å². The third-order valence-corrected chi connectivity index (χ3v) is 5.58. The molecule has 0 unspecified atom stereocenters. The van der Waals surface area contributed by atoms with E-state index in [1.807, 2.05) is 30.3 Å². The molecule has 3 aromatic carbocycles. The lowest BCUT2D eigenvalue weighted by atomic mass is 10.2. The summed E-state index contributed by atoms with van der Waals surface area (Å²) in [5.74, 6) is 0.320. The molecule has 1 amide bonds. The molecule has 0 bridgehead atoms. The number of nitrogens with zero attached hydrogens (tertiary/aromatic N) is 1. The second-order valence-corrected chi connectivity index (χ2v) is 7.74. The van der Waals surface area contributed by atoms with Crippen LogP contribution in [0.1, 0.15) is 10.4 Å². The predicted molar refractivity (Wildman–Crippen MR) is 109 cm³/mol. The summed E-state index contributed by atoms with van der Waals surface area (Å²) >= 11 is 0. The summed E-state index contributed by atoms with van der Waals surface area (Å²) in [5.41, 5.74) is 1.54. The number of benzene rings is 3. The molecule has 1 N–H and O–H groups in total. The second kappa shape index (κ2) is 8.14. The van der Waals surface area contributed by atoms with Crippen molar-refractivity contribution in [1.29, 1.82) is 0 Å². The average molecular weight is 396 g/mol. The molecule has 7 heteroatoms. The first-order chi connectivity index (χ1) is 13.4. The van der Waals surface area contributed by atoms with Crippen LogP contribution in [0.2, 0.25) is 0 Å². The number of amides is 1. The zero-order valence-corrected chi connectivity index (χ0v) is 16.3. The van der Waals surface area contributed by atoms with E-state index in [2.05, 4.69) is 4.72 Å². The van der Waals surface area contributed by atoms with E-state index in [9.17, 15) is 13.2 Å². The lowest BCUT2D eigenvalue weighted by molar-refractivity contribution is 0.0993. The Morgan fingerprint density at radius 2 is 1.61 bits per heavy atom. The molecule has 0 radical (unpaired) electrons. The van der Waals surface area contributed by atoms with Crippen LogP contribution in [0.4, 0.5) is 11.4 Å². The minimum Gasteiger partial charge on any atom is -0.497 e. The van der Waals surface area contributed by atoms with Crippen LogP contribution in [-0.2, 0) is 10.0 Å². The van der Waals surface area contributed by atoms with Crippen molar-refractivity contribution in [2.24, 2.45) is 0 Å².